The fourth-order valence-corrected chi connectivity index (χ4v) is 5.34. The Hall–Kier alpha value is -2.64. The van der Waals surface area contributed by atoms with Crippen LogP contribution in [0.1, 0.15) is 31.2 Å². The number of nitrogens with one attached hydrogen (secondary N) is 2. The van der Waals surface area contributed by atoms with Crippen LogP contribution in [0.2, 0.25) is 0 Å². The molecule has 5 atom stereocenters. The van der Waals surface area contributed by atoms with E-state index in [0.29, 0.717) is 25.4 Å². The topological polar surface area (TPSA) is 91.6 Å². The molecule has 1 saturated carbocycles. The second-order valence-electron chi connectivity index (χ2n) is 9.28. The maximum absolute atomic E-state index is 12.7. The van der Waals surface area contributed by atoms with E-state index in [2.05, 4.69) is 52.8 Å². The van der Waals surface area contributed by atoms with Crippen molar-refractivity contribution >= 4 is 17.8 Å². The zero-order valence-corrected chi connectivity index (χ0v) is 19.0. The van der Waals surface area contributed by atoms with Crippen LogP contribution in [0.4, 0.5) is 0 Å². The Bertz CT molecular complexity index is 874. The van der Waals surface area contributed by atoms with Crippen LogP contribution in [0.15, 0.2) is 23.2 Å². The van der Waals surface area contributed by atoms with Crippen molar-refractivity contribution in [2.45, 2.75) is 40.2 Å². The standard InChI is InChI=1S/C23H34N6O2/c1-14(13-29-16(3)10-15(2)27-29)12-26-23(24-4)25-8-5-9-28-21(30)19-17-6-7-18(11-17)20(19)22(28)31/h6-7,10,14,17-20H,5,8-9,11-13H2,1-4H3,(H2,24,25,26). The molecule has 168 valence electrons. The number of rotatable bonds is 8. The average molecular weight is 427 g/mol. The summed E-state index contributed by atoms with van der Waals surface area (Å²) in [6.07, 6.45) is 5.95. The fourth-order valence-electron chi connectivity index (χ4n) is 5.34. The van der Waals surface area contributed by atoms with Crippen LogP contribution < -0.4 is 10.6 Å². The van der Waals surface area contributed by atoms with Gasteiger partial charge in [0.1, 0.15) is 0 Å². The van der Waals surface area contributed by atoms with Crippen molar-refractivity contribution in [1.82, 2.24) is 25.3 Å². The van der Waals surface area contributed by atoms with E-state index in [1.807, 2.05) is 11.6 Å². The van der Waals surface area contributed by atoms with Gasteiger partial charge in [-0.05, 0) is 50.5 Å². The maximum Gasteiger partial charge on any atom is 0.233 e. The van der Waals surface area contributed by atoms with Crippen LogP contribution in [0.25, 0.3) is 0 Å². The van der Waals surface area contributed by atoms with E-state index in [1.165, 1.54) is 10.6 Å². The molecule has 0 spiro atoms. The van der Waals surface area contributed by atoms with Gasteiger partial charge >= 0.3 is 0 Å². The molecule has 1 aliphatic heterocycles. The summed E-state index contributed by atoms with van der Waals surface area (Å²) in [6.45, 7) is 9.02. The van der Waals surface area contributed by atoms with Crippen LogP contribution in [0.5, 0.6) is 0 Å². The van der Waals surface area contributed by atoms with Gasteiger partial charge in [0.05, 0.1) is 17.5 Å². The molecule has 2 amide bonds. The normalized spacial score (nSPS) is 27.9. The molecule has 3 aliphatic rings. The molecule has 0 aromatic carbocycles. The van der Waals surface area contributed by atoms with Crippen LogP contribution in [-0.2, 0) is 16.1 Å². The van der Waals surface area contributed by atoms with Crippen molar-refractivity contribution < 1.29 is 9.59 Å². The Morgan fingerprint density at radius 1 is 1.19 bits per heavy atom. The quantitative estimate of drug-likeness (QED) is 0.216. The number of imide groups is 1. The molecule has 2 N–H and O–H groups in total. The van der Waals surface area contributed by atoms with E-state index in [-0.39, 0.29) is 35.5 Å². The number of aliphatic imine (C=N–C) groups is 1. The molecule has 8 nitrogen and oxygen atoms in total. The van der Waals surface area contributed by atoms with Crippen molar-refractivity contribution in [2.75, 3.05) is 26.7 Å². The summed E-state index contributed by atoms with van der Waals surface area (Å²) >= 11 is 0. The molecule has 0 radical (unpaired) electrons. The first-order valence-corrected chi connectivity index (χ1v) is 11.4. The summed E-state index contributed by atoms with van der Waals surface area (Å²) in [5.41, 5.74) is 2.21. The molecule has 1 aromatic heterocycles. The van der Waals surface area contributed by atoms with Gasteiger partial charge in [0, 0.05) is 38.9 Å². The minimum absolute atomic E-state index is 0.0346. The number of aryl methyl sites for hydroxylation is 2. The van der Waals surface area contributed by atoms with E-state index in [4.69, 9.17) is 0 Å². The minimum Gasteiger partial charge on any atom is -0.356 e. The van der Waals surface area contributed by atoms with Gasteiger partial charge in [-0.15, -0.1) is 0 Å². The molecule has 2 fully saturated rings. The maximum atomic E-state index is 12.7. The van der Waals surface area contributed by atoms with Gasteiger partial charge in [-0.1, -0.05) is 19.1 Å². The molecule has 2 heterocycles. The third-order valence-electron chi connectivity index (χ3n) is 6.84. The monoisotopic (exact) mass is 426 g/mol. The number of carbonyl (C=O) groups is 2. The summed E-state index contributed by atoms with van der Waals surface area (Å²) in [6, 6.07) is 2.09. The summed E-state index contributed by atoms with van der Waals surface area (Å²) in [4.78, 5) is 31.2. The first-order valence-electron chi connectivity index (χ1n) is 11.4. The highest BCUT2D eigenvalue weighted by Gasteiger charge is 2.58. The van der Waals surface area contributed by atoms with Crippen molar-refractivity contribution in [3.8, 4) is 0 Å². The highest BCUT2D eigenvalue weighted by molar-refractivity contribution is 6.06. The lowest BCUT2D eigenvalue weighted by Crippen LogP contribution is -2.41. The molecule has 2 aliphatic carbocycles. The molecular formula is C23H34N6O2. The van der Waals surface area contributed by atoms with Gasteiger partial charge in [-0.2, -0.15) is 5.10 Å². The van der Waals surface area contributed by atoms with Crippen molar-refractivity contribution in [1.29, 1.82) is 0 Å². The zero-order chi connectivity index (χ0) is 22.1. The van der Waals surface area contributed by atoms with E-state index in [1.54, 1.807) is 7.05 Å². The molecule has 31 heavy (non-hydrogen) atoms. The van der Waals surface area contributed by atoms with E-state index in [0.717, 1.165) is 31.2 Å². The van der Waals surface area contributed by atoms with Crippen LogP contribution in [0.3, 0.4) is 0 Å². The number of likely N-dealkylation sites (tertiary alicyclic amines) is 1. The van der Waals surface area contributed by atoms with Gasteiger partial charge in [-0.25, -0.2) is 0 Å². The van der Waals surface area contributed by atoms with Crippen LogP contribution >= 0.6 is 0 Å². The third-order valence-corrected chi connectivity index (χ3v) is 6.84. The highest BCUT2D eigenvalue weighted by atomic mass is 16.2. The molecule has 5 unspecified atom stereocenters. The lowest BCUT2D eigenvalue weighted by atomic mass is 9.85. The number of amides is 2. The van der Waals surface area contributed by atoms with Crippen molar-refractivity contribution in [2.24, 2.45) is 34.6 Å². The van der Waals surface area contributed by atoms with Gasteiger partial charge in [0.25, 0.3) is 0 Å². The molecule has 1 aromatic rings. The fraction of sp³-hybridized carbons (Fsp3) is 0.652. The largest absolute Gasteiger partial charge is 0.356 e. The summed E-state index contributed by atoms with van der Waals surface area (Å²) in [5.74, 6) is 1.53. The predicted molar refractivity (Wildman–Crippen MR) is 119 cm³/mol. The number of nitrogens with zero attached hydrogens (tertiary/aromatic N) is 4. The third kappa shape index (κ3) is 4.25. The number of hydrogen-bond acceptors (Lipinski definition) is 4. The number of fused-ring (bicyclic) bond motifs is 5. The Balaban J connectivity index is 1.17. The average Bonchev–Trinajstić information content (AvgIpc) is 3.48. The zero-order valence-electron chi connectivity index (χ0n) is 19.0. The number of aromatic nitrogens is 2. The SMILES string of the molecule is CN=C(NCCCN1C(=O)C2C3C=CC(C3)C2C1=O)NCC(C)Cn1nc(C)cc1C. The summed E-state index contributed by atoms with van der Waals surface area (Å²) in [5, 5.41) is 11.2. The Morgan fingerprint density at radius 3 is 2.45 bits per heavy atom. The number of guanidine groups is 1. The highest BCUT2D eigenvalue weighted by Crippen LogP contribution is 2.52. The smallest absolute Gasteiger partial charge is 0.233 e. The molecular weight excluding hydrogens is 392 g/mol. The molecule has 4 rings (SSSR count). The lowest BCUT2D eigenvalue weighted by molar-refractivity contribution is -0.140. The van der Waals surface area contributed by atoms with Gasteiger partial charge in [0.2, 0.25) is 11.8 Å². The molecule has 8 heteroatoms. The minimum atomic E-state index is -0.103. The first kappa shape index (κ1) is 21.6. The molecule has 1 saturated heterocycles. The van der Waals surface area contributed by atoms with E-state index < -0.39 is 0 Å². The number of carbonyl (C=O) groups excluding carboxylic acids is 2. The Morgan fingerprint density at radius 2 is 1.87 bits per heavy atom. The molecule has 2 bridgehead atoms. The van der Waals surface area contributed by atoms with Gasteiger partial charge in [0.15, 0.2) is 5.96 Å². The second kappa shape index (κ2) is 8.85. The van der Waals surface area contributed by atoms with E-state index >= 15 is 0 Å². The van der Waals surface area contributed by atoms with Gasteiger partial charge < -0.3 is 10.6 Å². The summed E-state index contributed by atoms with van der Waals surface area (Å²) < 4.78 is 2.04. The van der Waals surface area contributed by atoms with E-state index in [9.17, 15) is 9.59 Å². The Kier molecular flexibility index (Phi) is 6.16. The first-order chi connectivity index (χ1) is 14.9. The van der Waals surface area contributed by atoms with Gasteiger partial charge in [-0.3, -0.25) is 24.2 Å². The van der Waals surface area contributed by atoms with Crippen molar-refractivity contribution in [3.63, 3.8) is 0 Å². The Labute approximate surface area is 184 Å². The van der Waals surface area contributed by atoms with Crippen molar-refractivity contribution in [3.05, 3.63) is 29.6 Å². The predicted octanol–water partition coefficient (Wildman–Crippen LogP) is 1.50. The number of hydrogen-bond donors (Lipinski definition) is 2. The second-order valence-corrected chi connectivity index (χ2v) is 9.28. The lowest BCUT2D eigenvalue weighted by Gasteiger charge is -2.19. The van der Waals surface area contributed by atoms with Crippen LogP contribution in [-0.4, -0.2) is 59.1 Å². The number of allylic oxidation sites excluding steroid dienone is 2. The summed E-state index contributed by atoms with van der Waals surface area (Å²) in [7, 11) is 1.75. The van der Waals surface area contributed by atoms with Crippen LogP contribution in [0, 0.1) is 43.4 Å².